The van der Waals surface area contributed by atoms with Crippen molar-refractivity contribution in [1.82, 2.24) is 9.97 Å². The Morgan fingerprint density at radius 1 is 1.30 bits per heavy atom. The maximum atomic E-state index is 13.9. The van der Waals surface area contributed by atoms with Gasteiger partial charge in [-0.25, -0.2) is 14.4 Å². The maximum absolute atomic E-state index is 13.9. The Kier molecular flexibility index (Phi) is 4.55. The Morgan fingerprint density at radius 2 is 2.05 bits per heavy atom. The van der Waals surface area contributed by atoms with Crippen molar-refractivity contribution >= 4 is 17.4 Å². The van der Waals surface area contributed by atoms with Gasteiger partial charge in [-0.2, -0.15) is 0 Å². The number of benzene rings is 1. The lowest BCUT2D eigenvalue weighted by atomic mass is 10.1. The van der Waals surface area contributed by atoms with Crippen molar-refractivity contribution in [3.05, 3.63) is 51.7 Å². The molecule has 0 atom stereocenters. The molecule has 0 saturated carbocycles. The third-order valence-corrected chi connectivity index (χ3v) is 3.52. The largest absolute Gasteiger partial charge is 0.373 e. The first-order valence-electron chi connectivity index (χ1n) is 6.53. The Morgan fingerprint density at radius 3 is 2.70 bits per heavy atom. The van der Waals surface area contributed by atoms with Crippen LogP contribution in [0.5, 0.6) is 0 Å². The summed E-state index contributed by atoms with van der Waals surface area (Å²) in [5, 5.41) is 3.19. The van der Waals surface area contributed by atoms with E-state index in [1.165, 1.54) is 6.07 Å². The minimum Gasteiger partial charge on any atom is -0.373 e. The molecule has 2 rings (SSSR count). The molecule has 1 aromatic carbocycles. The molecular weight excluding hydrogens is 277 g/mol. The molecular formula is C15H17ClFN3. The van der Waals surface area contributed by atoms with Crippen LogP contribution in [0.3, 0.4) is 0 Å². The molecule has 0 fully saturated rings. The van der Waals surface area contributed by atoms with Gasteiger partial charge in [-0.3, -0.25) is 0 Å². The number of hydrogen-bond acceptors (Lipinski definition) is 3. The van der Waals surface area contributed by atoms with Crippen LogP contribution in [0.2, 0.25) is 5.02 Å². The predicted octanol–water partition coefficient (Wildman–Crippen LogP) is 3.77. The second kappa shape index (κ2) is 6.18. The van der Waals surface area contributed by atoms with Gasteiger partial charge in [0.25, 0.3) is 0 Å². The monoisotopic (exact) mass is 293 g/mol. The van der Waals surface area contributed by atoms with Gasteiger partial charge in [0.05, 0.1) is 5.02 Å². The third-order valence-electron chi connectivity index (χ3n) is 3.23. The SMILES string of the molecule is CCc1c(C)nc(Cc2cccc(Cl)c2F)nc1NC. The van der Waals surface area contributed by atoms with Gasteiger partial charge < -0.3 is 5.32 Å². The Bertz CT molecular complexity index is 629. The average molecular weight is 294 g/mol. The number of aryl methyl sites for hydroxylation is 1. The quantitative estimate of drug-likeness (QED) is 0.932. The van der Waals surface area contributed by atoms with Crippen molar-refractivity contribution in [2.45, 2.75) is 26.7 Å². The summed E-state index contributed by atoms with van der Waals surface area (Å²) in [6.07, 6.45) is 1.18. The topological polar surface area (TPSA) is 37.8 Å². The van der Waals surface area contributed by atoms with Gasteiger partial charge in [0.1, 0.15) is 17.5 Å². The van der Waals surface area contributed by atoms with E-state index < -0.39 is 5.82 Å². The maximum Gasteiger partial charge on any atom is 0.145 e. The van der Waals surface area contributed by atoms with Gasteiger partial charge in [0.15, 0.2) is 0 Å². The van der Waals surface area contributed by atoms with Gasteiger partial charge in [0.2, 0.25) is 0 Å². The number of aromatic nitrogens is 2. The molecule has 0 aliphatic rings. The highest BCUT2D eigenvalue weighted by Gasteiger charge is 2.12. The lowest BCUT2D eigenvalue weighted by Gasteiger charge is -2.12. The molecule has 1 aromatic heterocycles. The molecule has 0 saturated heterocycles. The molecule has 0 bridgehead atoms. The highest BCUT2D eigenvalue weighted by atomic mass is 35.5. The number of nitrogens with one attached hydrogen (secondary N) is 1. The average Bonchev–Trinajstić information content (AvgIpc) is 2.43. The molecule has 0 unspecified atom stereocenters. The van der Waals surface area contributed by atoms with Crippen LogP contribution in [-0.2, 0) is 12.8 Å². The lowest BCUT2D eigenvalue weighted by molar-refractivity contribution is 0.612. The molecule has 0 aliphatic heterocycles. The molecule has 20 heavy (non-hydrogen) atoms. The first kappa shape index (κ1) is 14.7. The van der Waals surface area contributed by atoms with Crippen LogP contribution < -0.4 is 5.32 Å². The summed E-state index contributed by atoms with van der Waals surface area (Å²) in [4.78, 5) is 8.91. The van der Waals surface area contributed by atoms with E-state index in [0.29, 0.717) is 17.8 Å². The van der Waals surface area contributed by atoms with E-state index in [2.05, 4.69) is 22.2 Å². The predicted molar refractivity (Wildman–Crippen MR) is 79.9 cm³/mol. The van der Waals surface area contributed by atoms with E-state index in [0.717, 1.165) is 23.5 Å². The van der Waals surface area contributed by atoms with Gasteiger partial charge in [-0.1, -0.05) is 30.7 Å². The van der Waals surface area contributed by atoms with Crippen molar-refractivity contribution in [2.75, 3.05) is 12.4 Å². The molecule has 106 valence electrons. The Balaban J connectivity index is 2.39. The van der Waals surface area contributed by atoms with Crippen molar-refractivity contribution in [1.29, 1.82) is 0 Å². The van der Waals surface area contributed by atoms with Gasteiger partial charge in [-0.15, -0.1) is 0 Å². The molecule has 3 nitrogen and oxygen atoms in total. The Labute approximate surface area is 123 Å². The first-order valence-corrected chi connectivity index (χ1v) is 6.91. The number of halogens is 2. The van der Waals surface area contributed by atoms with Gasteiger partial charge >= 0.3 is 0 Å². The lowest BCUT2D eigenvalue weighted by Crippen LogP contribution is -2.08. The summed E-state index contributed by atoms with van der Waals surface area (Å²) in [5.74, 6) is 0.989. The fourth-order valence-corrected chi connectivity index (χ4v) is 2.41. The molecule has 2 aromatic rings. The smallest absolute Gasteiger partial charge is 0.145 e. The summed E-state index contributed by atoms with van der Waals surface area (Å²) < 4.78 is 13.9. The fourth-order valence-electron chi connectivity index (χ4n) is 2.22. The molecule has 1 N–H and O–H groups in total. The van der Waals surface area contributed by atoms with Crippen LogP contribution in [0.25, 0.3) is 0 Å². The highest BCUT2D eigenvalue weighted by Crippen LogP contribution is 2.22. The van der Waals surface area contributed by atoms with E-state index in [1.54, 1.807) is 12.1 Å². The standard InChI is InChI=1S/C15H17ClFN3/c1-4-11-9(2)19-13(20-15(11)18-3)8-10-6-5-7-12(16)14(10)17/h5-7H,4,8H2,1-3H3,(H,18,19,20). The molecule has 0 amide bonds. The minimum atomic E-state index is -0.402. The molecule has 5 heteroatoms. The van der Waals surface area contributed by atoms with E-state index in [4.69, 9.17) is 11.6 Å². The van der Waals surface area contributed by atoms with Crippen LogP contribution >= 0.6 is 11.6 Å². The zero-order valence-corrected chi connectivity index (χ0v) is 12.6. The van der Waals surface area contributed by atoms with E-state index in [1.807, 2.05) is 14.0 Å². The summed E-state index contributed by atoms with van der Waals surface area (Å²) in [5.41, 5.74) is 2.51. The zero-order valence-electron chi connectivity index (χ0n) is 11.8. The molecule has 1 heterocycles. The second-order valence-electron chi connectivity index (χ2n) is 4.55. The third kappa shape index (κ3) is 2.90. The fraction of sp³-hybridized carbons (Fsp3) is 0.333. The van der Waals surface area contributed by atoms with E-state index >= 15 is 0 Å². The molecule has 0 aliphatic carbocycles. The van der Waals surface area contributed by atoms with Crippen molar-refractivity contribution in [3.63, 3.8) is 0 Å². The van der Waals surface area contributed by atoms with Crippen molar-refractivity contribution < 1.29 is 4.39 Å². The second-order valence-corrected chi connectivity index (χ2v) is 4.95. The summed E-state index contributed by atoms with van der Waals surface area (Å²) in [7, 11) is 1.82. The number of nitrogens with zero attached hydrogens (tertiary/aromatic N) is 2. The van der Waals surface area contributed by atoms with Crippen LogP contribution in [0.1, 0.15) is 29.6 Å². The van der Waals surface area contributed by atoms with Gasteiger partial charge in [-0.05, 0) is 25.0 Å². The van der Waals surface area contributed by atoms with Crippen LogP contribution in [0.4, 0.5) is 10.2 Å². The van der Waals surface area contributed by atoms with Crippen molar-refractivity contribution in [2.24, 2.45) is 0 Å². The van der Waals surface area contributed by atoms with Crippen LogP contribution in [0.15, 0.2) is 18.2 Å². The van der Waals surface area contributed by atoms with Crippen LogP contribution in [0, 0.1) is 12.7 Å². The summed E-state index contributed by atoms with van der Waals surface area (Å²) in [6.45, 7) is 4.00. The van der Waals surface area contributed by atoms with E-state index in [9.17, 15) is 4.39 Å². The van der Waals surface area contributed by atoms with Gasteiger partial charge in [0, 0.05) is 24.7 Å². The first-order chi connectivity index (χ1) is 9.56. The molecule has 0 radical (unpaired) electrons. The highest BCUT2D eigenvalue weighted by molar-refractivity contribution is 6.30. The summed E-state index contributed by atoms with van der Waals surface area (Å²) >= 11 is 5.79. The van der Waals surface area contributed by atoms with Crippen LogP contribution in [-0.4, -0.2) is 17.0 Å². The summed E-state index contributed by atoms with van der Waals surface area (Å²) in [6, 6.07) is 4.96. The number of rotatable bonds is 4. The zero-order chi connectivity index (χ0) is 14.7. The number of hydrogen-bond donors (Lipinski definition) is 1. The normalized spacial score (nSPS) is 10.7. The minimum absolute atomic E-state index is 0.123. The molecule has 0 spiro atoms. The van der Waals surface area contributed by atoms with Crippen molar-refractivity contribution in [3.8, 4) is 0 Å². The number of anilines is 1. The Hall–Kier alpha value is -1.68. The van der Waals surface area contributed by atoms with E-state index in [-0.39, 0.29) is 5.02 Å².